The molecular weight excluding hydrogens is 402 g/mol. The minimum Gasteiger partial charge on any atom is -0.455 e. The Bertz CT molecular complexity index is 595. The van der Waals surface area contributed by atoms with Crippen molar-refractivity contribution in [2.24, 2.45) is 0 Å². The molecule has 1 saturated heterocycles. The molecule has 0 radical (unpaired) electrons. The quantitative estimate of drug-likeness (QED) is 0.276. The number of esters is 2. The number of phosphoric ester groups is 2. The molecule has 0 bridgehead atoms. The maximum absolute atomic E-state index is 11.6. The van der Waals surface area contributed by atoms with E-state index in [-0.39, 0.29) is 12.8 Å². The highest BCUT2D eigenvalue weighted by Gasteiger charge is 2.52. The van der Waals surface area contributed by atoms with E-state index in [2.05, 4.69) is 9.05 Å². The molecule has 1 aliphatic heterocycles. The fraction of sp³-hybridized carbons (Fsp3) is 0.818. The predicted molar refractivity (Wildman–Crippen MR) is 80.1 cm³/mol. The summed E-state index contributed by atoms with van der Waals surface area (Å²) >= 11 is 0. The highest BCUT2D eigenvalue weighted by atomic mass is 31.2. The van der Waals surface area contributed by atoms with Crippen molar-refractivity contribution in [1.29, 1.82) is 0 Å². The molecule has 1 rings (SSSR count). The Kier molecular flexibility index (Phi) is 8.33. The molecule has 13 nitrogen and oxygen atoms in total. The van der Waals surface area contributed by atoms with Crippen molar-refractivity contribution in [3.8, 4) is 0 Å². The second kappa shape index (κ2) is 9.36. The average Bonchev–Trinajstić information content (AvgIpc) is 2.79. The van der Waals surface area contributed by atoms with Gasteiger partial charge in [0.25, 0.3) is 0 Å². The highest BCUT2D eigenvalue weighted by molar-refractivity contribution is 7.46. The molecular formula is C11H20O13P2. The first kappa shape index (κ1) is 23.2. The maximum atomic E-state index is 11.6. The number of phosphoric acid groups is 2. The number of hydrogen-bond donors (Lipinski definition) is 4. The molecule has 1 heterocycles. The van der Waals surface area contributed by atoms with Gasteiger partial charge in [-0.2, -0.15) is 0 Å². The first-order chi connectivity index (χ1) is 11.9. The topological polar surface area (TPSA) is 195 Å². The van der Waals surface area contributed by atoms with Crippen LogP contribution < -0.4 is 0 Å². The minimum absolute atomic E-state index is 0.0962. The van der Waals surface area contributed by atoms with Crippen molar-refractivity contribution in [2.75, 3.05) is 6.61 Å². The van der Waals surface area contributed by atoms with Gasteiger partial charge in [0.05, 0.1) is 6.61 Å². The molecule has 1 unspecified atom stereocenters. The second-order valence-corrected chi connectivity index (χ2v) is 7.47. The first-order valence-corrected chi connectivity index (χ1v) is 10.4. The van der Waals surface area contributed by atoms with Gasteiger partial charge in [-0.25, -0.2) is 9.13 Å². The molecule has 0 spiro atoms. The van der Waals surface area contributed by atoms with Crippen LogP contribution in [-0.2, 0) is 42.0 Å². The van der Waals surface area contributed by atoms with E-state index in [0.29, 0.717) is 0 Å². The standard InChI is InChI=1S/C11H20O13P2/c1-3-7(12)22-9-6(5-20-25(14,15)16)21-11(24-26(17,18)19)10(9)23-8(13)4-2/h6,9-11H,3-5H2,1-2H3,(H2,14,15,16)(H2,17,18,19)/t6-,9-,10-,11?/m1/s1. The Labute approximate surface area is 148 Å². The molecule has 1 aliphatic rings. The van der Waals surface area contributed by atoms with E-state index in [1.165, 1.54) is 13.8 Å². The lowest BCUT2D eigenvalue weighted by molar-refractivity contribution is -0.174. The largest absolute Gasteiger partial charge is 0.472 e. The van der Waals surface area contributed by atoms with Crippen molar-refractivity contribution >= 4 is 27.6 Å². The molecule has 152 valence electrons. The summed E-state index contributed by atoms with van der Waals surface area (Å²) in [6, 6.07) is 0. The van der Waals surface area contributed by atoms with Gasteiger partial charge in [-0.05, 0) is 0 Å². The zero-order valence-corrected chi connectivity index (χ0v) is 15.6. The van der Waals surface area contributed by atoms with E-state index >= 15 is 0 Å². The van der Waals surface area contributed by atoms with Gasteiger partial charge in [-0.15, -0.1) is 0 Å². The van der Waals surface area contributed by atoms with Gasteiger partial charge in [0, 0.05) is 12.8 Å². The van der Waals surface area contributed by atoms with Gasteiger partial charge in [0.15, 0.2) is 12.2 Å². The van der Waals surface area contributed by atoms with Gasteiger partial charge >= 0.3 is 27.6 Å². The smallest absolute Gasteiger partial charge is 0.455 e. The summed E-state index contributed by atoms with van der Waals surface area (Å²) in [5.74, 6) is -1.60. The molecule has 0 aromatic rings. The number of carbonyl (C=O) groups excluding carboxylic acids is 2. The molecule has 0 aliphatic carbocycles. The van der Waals surface area contributed by atoms with Crippen molar-refractivity contribution in [3.63, 3.8) is 0 Å². The highest BCUT2D eigenvalue weighted by Crippen LogP contribution is 2.43. The summed E-state index contributed by atoms with van der Waals surface area (Å²) in [6.45, 7) is 2.07. The summed E-state index contributed by atoms with van der Waals surface area (Å²) in [4.78, 5) is 58.6. The van der Waals surface area contributed by atoms with E-state index < -0.39 is 58.8 Å². The van der Waals surface area contributed by atoms with E-state index in [4.69, 9.17) is 33.8 Å². The summed E-state index contributed by atoms with van der Waals surface area (Å²) in [5.41, 5.74) is 0. The van der Waals surface area contributed by atoms with Crippen LogP contribution in [0.15, 0.2) is 0 Å². The summed E-state index contributed by atoms with van der Waals surface area (Å²) in [5, 5.41) is 0. The van der Waals surface area contributed by atoms with Crippen LogP contribution in [0.2, 0.25) is 0 Å². The molecule has 0 aromatic carbocycles. The zero-order valence-electron chi connectivity index (χ0n) is 13.8. The number of carbonyl (C=O) groups is 2. The Morgan fingerprint density at radius 3 is 1.85 bits per heavy atom. The third-order valence-corrected chi connectivity index (χ3v) is 4.00. The molecule has 1 fully saturated rings. The fourth-order valence-corrected chi connectivity index (χ4v) is 2.74. The Hall–Kier alpha value is -0.880. The number of hydrogen-bond acceptors (Lipinski definition) is 9. The van der Waals surface area contributed by atoms with Crippen molar-refractivity contribution in [2.45, 2.75) is 51.3 Å². The SMILES string of the molecule is CCC(=O)O[C@@H]1[C@@H](COP(=O)(O)O)OC(OP(=O)(O)O)[C@@H]1OC(=O)CC. The molecule has 0 aromatic heterocycles. The van der Waals surface area contributed by atoms with E-state index in [9.17, 15) is 18.7 Å². The summed E-state index contributed by atoms with van der Waals surface area (Å²) < 4.78 is 45.7. The molecule has 4 atom stereocenters. The summed E-state index contributed by atoms with van der Waals surface area (Å²) in [7, 11) is -10.0. The maximum Gasteiger partial charge on any atom is 0.472 e. The second-order valence-electron chi connectivity index (χ2n) is 5.04. The lowest BCUT2D eigenvalue weighted by Gasteiger charge is -2.24. The van der Waals surface area contributed by atoms with E-state index in [1.54, 1.807) is 0 Å². The normalized spacial score (nSPS) is 26.5. The van der Waals surface area contributed by atoms with Gasteiger partial charge in [-0.1, -0.05) is 13.8 Å². The molecule has 15 heteroatoms. The molecule has 0 saturated carbocycles. The van der Waals surface area contributed by atoms with Crippen LogP contribution in [0.1, 0.15) is 26.7 Å². The number of rotatable bonds is 9. The van der Waals surface area contributed by atoms with E-state index in [0.717, 1.165) is 0 Å². The molecule has 4 N–H and O–H groups in total. The van der Waals surface area contributed by atoms with Gasteiger partial charge in [0.1, 0.15) is 6.10 Å². The van der Waals surface area contributed by atoms with Crippen LogP contribution in [0.5, 0.6) is 0 Å². The van der Waals surface area contributed by atoms with Gasteiger partial charge < -0.3 is 33.8 Å². The lowest BCUT2D eigenvalue weighted by Crippen LogP contribution is -2.41. The monoisotopic (exact) mass is 422 g/mol. The van der Waals surface area contributed by atoms with Crippen LogP contribution in [0.25, 0.3) is 0 Å². The molecule has 26 heavy (non-hydrogen) atoms. The zero-order chi connectivity index (χ0) is 20.1. The third kappa shape index (κ3) is 7.78. The predicted octanol–water partition coefficient (Wildman–Crippen LogP) is -0.427. The van der Waals surface area contributed by atoms with Crippen LogP contribution >= 0.6 is 15.6 Å². The molecule has 0 amide bonds. The van der Waals surface area contributed by atoms with Crippen molar-refractivity contribution < 1.29 is 61.6 Å². The lowest BCUT2D eigenvalue weighted by atomic mass is 10.1. The van der Waals surface area contributed by atoms with E-state index in [1.807, 2.05) is 0 Å². The van der Waals surface area contributed by atoms with Crippen molar-refractivity contribution in [3.05, 3.63) is 0 Å². The van der Waals surface area contributed by atoms with Crippen molar-refractivity contribution in [1.82, 2.24) is 0 Å². The van der Waals surface area contributed by atoms with Crippen LogP contribution in [0.4, 0.5) is 0 Å². The Morgan fingerprint density at radius 1 is 0.923 bits per heavy atom. The van der Waals surface area contributed by atoms with Crippen LogP contribution in [-0.4, -0.2) is 62.7 Å². The van der Waals surface area contributed by atoms with Gasteiger partial charge in [-0.3, -0.25) is 18.6 Å². The number of ether oxygens (including phenoxy) is 3. The van der Waals surface area contributed by atoms with Crippen LogP contribution in [0, 0.1) is 0 Å². The Morgan fingerprint density at radius 2 is 1.42 bits per heavy atom. The van der Waals surface area contributed by atoms with Crippen LogP contribution in [0.3, 0.4) is 0 Å². The van der Waals surface area contributed by atoms with Gasteiger partial charge in [0.2, 0.25) is 6.29 Å². The first-order valence-electron chi connectivity index (χ1n) is 7.34. The fourth-order valence-electron chi connectivity index (χ4n) is 1.95. The Balaban J connectivity index is 3.09. The average molecular weight is 422 g/mol. The third-order valence-electron chi connectivity index (χ3n) is 3.03. The minimum atomic E-state index is -5.10. The summed E-state index contributed by atoms with van der Waals surface area (Å²) in [6.07, 6.45) is -6.55.